The van der Waals surface area contributed by atoms with Gasteiger partial charge >= 0.3 is 12.2 Å². The number of halogens is 4. The highest BCUT2D eigenvalue weighted by atomic mass is 19.4. The number of fused-ring (bicyclic) bond motifs is 2. The van der Waals surface area contributed by atoms with Gasteiger partial charge in [-0.2, -0.15) is 28.2 Å². The molecule has 2 aliphatic heterocycles. The number of aromatic nitrogens is 4. The maximum atomic E-state index is 14.4. The lowest BCUT2D eigenvalue weighted by Crippen LogP contribution is -2.29. The molecular formula is C26H29F4N7O3. The number of benzene rings is 1. The van der Waals surface area contributed by atoms with Crippen LogP contribution in [0.1, 0.15) is 56.7 Å². The molecule has 0 radical (unpaired) electrons. The van der Waals surface area contributed by atoms with Gasteiger partial charge in [0.1, 0.15) is 11.6 Å². The molecule has 0 saturated heterocycles. The van der Waals surface area contributed by atoms with Gasteiger partial charge in [-0.3, -0.25) is 9.48 Å². The van der Waals surface area contributed by atoms with Gasteiger partial charge in [-0.1, -0.05) is 0 Å². The number of hydrogen-bond acceptors (Lipinski definition) is 8. The van der Waals surface area contributed by atoms with Crippen molar-refractivity contribution in [3.05, 3.63) is 57.3 Å². The fourth-order valence-corrected chi connectivity index (χ4v) is 5.22. The average Bonchev–Trinajstić information content (AvgIpc) is 3.05. The Labute approximate surface area is 227 Å². The minimum atomic E-state index is -4.94. The Morgan fingerprint density at radius 2 is 1.98 bits per heavy atom. The Hall–Kier alpha value is -3.94. The maximum absolute atomic E-state index is 14.4. The molecule has 4 heterocycles. The van der Waals surface area contributed by atoms with Crippen LogP contribution < -0.4 is 15.4 Å². The van der Waals surface area contributed by atoms with E-state index in [4.69, 9.17) is 15.2 Å². The normalized spacial score (nSPS) is 17.2. The minimum Gasteiger partial charge on any atom is -0.467 e. The number of nitrogens with two attached hydrogens (primary N) is 1. The number of nitrogen functional groups attached to an aromatic ring is 1. The fraction of sp³-hybridized carbons (Fsp3) is 0.462. The number of hydrogen-bond donors (Lipinski definition) is 1. The maximum Gasteiger partial charge on any atom is 0.419 e. The van der Waals surface area contributed by atoms with Gasteiger partial charge in [-0.05, 0) is 31.0 Å². The molecule has 1 aromatic carbocycles. The number of methoxy groups -OCH3 is 1. The monoisotopic (exact) mass is 563 g/mol. The fourth-order valence-electron chi connectivity index (χ4n) is 5.22. The predicted molar refractivity (Wildman–Crippen MR) is 136 cm³/mol. The number of carbonyl (C=O) groups excluding carboxylic acids is 1. The Morgan fingerprint density at radius 1 is 1.23 bits per heavy atom. The first-order valence-corrected chi connectivity index (χ1v) is 12.6. The van der Waals surface area contributed by atoms with Crippen molar-refractivity contribution >= 4 is 17.4 Å². The molecule has 0 bridgehead atoms. The molecular weight excluding hydrogens is 534 g/mol. The number of rotatable bonds is 4. The third kappa shape index (κ3) is 4.91. The first-order chi connectivity index (χ1) is 18.9. The van der Waals surface area contributed by atoms with Gasteiger partial charge in [0.05, 0.1) is 43.3 Å². The third-order valence-electron chi connectivity index (χ3n) is 7.18. The lowest BCUT2D eigenvalue weighted by atomic mass is 9.94. The predicted octanol–water partition coefficient (Wildman–Crippen LogP) is 3.66. The second-order valence-electron chi connectivity index (χ2n) is 10.0. The molecule has 214 valence electrons. The van der Waals surface area contributed by atoms with Gasteiger partial charge in [0.2, 0.25) is 0 Å². The van der Waals surface area contributed by atoms with Crippen molar-refractivity contribution in [1.82, 2.24) is 24.6 Å². The smallest absolute Gasteiger partial charge is 0.419 e. The first-order valence-electron chi connectivity index (χ1n) is 12.6. The van der Waals surface area contributed by atoms with Crippen LogP contribution in [0.25, 0.3) is 0 Å². The number of aryl methyl sites for hydroxylation is 1. The molecule has 1 amide bonds. The molecule has 40 heavy (non-hydrogen) atoms. The second kappa shape index (κ2) is 10.2. The van der Waals surface area contributed by atoms with Crippen LogP contribution in [0.3, 0.4) is 0 Å². The van der Waals surface area contributed by atoms with Gasteiger partial charge < -0.3 is 25.0 Å². The zero-order valence-electron chi connectivity index (χ0n) is 22.5. The molecule has 1 atom stereocenters. The summed E-state index contributed by atoms with van der Waals surface area (Å²) in [6.45, 7) is 3.32. The van der Waals surface area contributed by atoms with E-state index in [-0.39, 0.29) is 36.2 Å². The SMILES string of the molecule is COc1nc2c(c(N3CCCn4nc(C(=O)N(C)C)c(C)c4C3)n1)COC(c1cc(N)cc(F)c1C(F)(F)F)C2. The number of anilines is 2. The standard InChI is InChI=1S/C26H29F4N7O3/c1-13-19-11-36(6-5-7-37(19)34-22(13)24(38)35(2)3)23-16-12-40-20(10-18(16)32-25(33-23)39-4)15-8-14(31)9-17(27)21(15)26(28,29)30/h8-9,20H,5-7,10-12,31H2,1-4H3. The Kier molecular flexibility index (Phi) is 7.06. The summed E-state index contributed by atoms with van der Waals surface area (Å²) in [5.74, 6) is -1.13. The van der Waals surface area contributed by atoms with Gasteiger partial charge in [0.15, 0.2) is 5.69 Å². The molecule has 0 spiro atoms. The molecule has 0 saturated carbocycles. The van der Waals surface area contributed by atoms with E-state index in [1.165, 1.54) is 12.0 Å². The summed E-state index contributed by atoms with van der Waals surface area (Å²) in [5.41, 5.74) is 6.80. The van der Waals surface area contributed by atoms with E-state index in [0.29, 0.717) is 54.9 Å². The number of alkyl halides is 3. The summed E-state index contributed by atoms with van der Waals surface area (Å²) in [6.07, 6.45) is -5.45. The topological polar surface area (TPSA) is 112 Å². The zero-order chi connectivity index (χ0) is 28.9. The van der Waals surface area contributed by atoms with Gasteiger partial charge in [-0.15, -0.1) is 0 Å². The van der Waals surface area contributed by atoms with Gasteiger partial charge in [-0.25, -0.2) is 4.39 Å². The number of nitrogens with zero attached hydrogens (tertiary/aromatic N) is 6. The second-order valence-corrected chi connectivity index (χ2v) is 10.0. The van der Waals surface area contributed by atoms with E-state index < -0.39 is 23.7 Å². The molecule has 14 heteroatoms. The molecule has 0 aliphatic carbocycles. The van der Waals surface area contributed by atoms with E-state index >= 15 is 0 Å². The summed E-state index contributed by atoms with van der Waals surface area (Å²) in [5, 5.41) is 4.55. The molecule has 0 fully saturated rings. The van der Waals surface area contributed by atoms with Crippen LogP contribution >= 0.6 is 0 Å². The van der Waals surface area contributed by atoms with Crippen molar-refractivity contribution in [2.45, 2.75) is 51.7 Å². The highest BCUT2D eigenvalue weighted by Gasteiger charge is 2.41. The van der Waals surface area contributed by atoms with Crippen molar-refractivity contribution in [3.8, 4) is 6.01 Å². The highest BCUT2D eigenvalue weighted by molar-refractivity contribution is 5.93. The van der Waals surface area contributed by atoms with E-state index in [1.54, 1.807) is 14.1 Å². The zero-order valence-corrected chi connectivity index (χ0v) is 22.5. The molecule has 5 rings (SSSR count). The van der Waals surface area contributed by atoms with Crippen molar-refractivity contribution in [2.75, 3.05) is 38.4 Å². The van der Waals surface area contributed by atoms with Crippen molar-refractivity contribution < 1.29 is 31.8 Å². The summed E-state index contributed by atoms with van der Waals surface area (Å²) in [6, 6.07) is 1.78. The van der Waals surface area contributed by atoms with E-state index in [9.17, 15) is 22.4 Å². The summed E-state index contributed by atoms with van der Waals surface area (Å²) >= 11 is 0. The Balaban J connectivity index is 1.52. The average molecular weight is 564 g/mol. The van der Waals surface area contributed by atoms with Crippen molar-refractivity contribution in [3.63, 3.8) is 0 Å². The molecule has 10 nitrogen and oxygen atoms in total. The van der Waals surface area contributed by atoms with Crippen LogP contribution in [-0.4, -0.2) is 58.3 Å². The molecule has 2 aromatic heterocycles. The van der Waals surface area contributed by atoms with Crippen LogP contribution in [-0.2, 0) is 37.0 Å². The van der Waals surface area contributed by atoms with Crippen LogP contribution in [0.2, 0.25) is 0 Å². The lowest BCUT2D eigenvalue weighted by Gasteiger charge is -2.31. The largest absolute Gasteiger partial charge is 0.467 e. The summed E-state index contributed by atoms with van der Waals surface area (Å²) < 4.78 is 68.8. The number of amides is 1. The van der Waals surface area contributed by atoms with E-state index in [0.717, 1.165) is 17.3 Å². The van der Waals surface area contributed by atoms with Crippen LogP contribution in [0.4, 0.5) is 29.1 Å². The van der Waals surface area contributed by atoms with E-state index in [1.807, 2.05) is 16.5 Å². The minimum absolute atomic E-state index is 0.0437. The van der Waals surface area contributed by atoms with Crippen LogP contribution in [0.15, 0.2) is 12.1 Å². The van der Waals surface area contributed by atoms with E-state index in [2.05, 4.69) is 15.1 Å². The van der Waals surface area contributed by atoms with Gasteiger partial charge in [0, 0.05) is 50.4 Å². The summed E-state index contributed by atoms with van der Waals surface area (Å²) in [7, 11) is 4.74. The van der Waals surface area contributed by atoms with Crippen LogP contribution in [0.5, 0.6) is 6.01 Å². The molecule has 2 aliphatic rings. The quantitative estimate of drug-likeness (QED) is 0.378. The Bertz CT molecular complexity index is 1470. The molecule has 3 aromatic rings. The van der Waals surface area contributed by atoms with Gasteiger partial charge in [0.25, 0.3) is 5.91 Å². The molecule has 1 unspecified atom stereocenters. The number of ether oxygens (including phenoxy) is 2. The lowest BCUT2D eigenvalue weighted by molar-refractivity contribution is -0.142. The highest BCUT2D eigenvalue weighted by Crippen LogP contribution is 2.42. The Morgan fingerprint density at radius 3 is 2.65 bits per heavy atom. The number of carbonyl (C=O) groups is 1. The van der Waals surface area contributed by atoms with Crippen molar-refractivity contribution in [1.29, 1.82) is 0 Å². The summed E-state index contributed by atoms with van der Waals surface area (Å²) in [4.78, 5) is 25.1. The van der Waals surface area contributed by atoms with Crippen molar-refractivity contribution in [2.24, 2.45) is 0 Å². The third-order valence-corrected chi connectivity index (χ3v) is 7.18. The van der Waals surface area contributed by atoms with Crippen LogP contribution in [0, 0.1) is 12.7 Å². The first kappa shape index (κ1) is 27.6. The molecule has 2 N–H and O–H groups in total.